The van der Waals surface area contributed by atoms with Gasteiger partial charge in [-0.15, -0.1) is 0 Å². The van der Waals surface area contributed by atoms with Crippen LogP contribution in [-0.2, 0) is 0 Å². The third-order valence-corrected chi connectivity index (χ3v) is 3.98. The van der Waals surface area contributed by atoms with Crippen LogP contribution in [0.3, 0.4) is 0 Å². The van der Waals surface area contributed by atoms with Crippen LogP contribution in [0.25, 0.3) is 11.3 Å². The van der Waals surface area contributed by atoms with Crippen LogP contribution in [0.1, 0.15) is 0 Å². The largest absolute Gasteiger partial charge is 0.252 e. The zero-order chi connectivity index (χ0) is 12.6. The van der Waals surface area contributed by atoms with Crippen LogP contribution in [0.5, 0.6) is 0 Å². The fraction of sp³-hybridized carbons (Fsp3) is 0. The summed E-state index contributed by atoms with van der Waals surface area (Å²) in [6.07, 6.45) is 1.55. The fourth-order valence-corrected chi connectivity index (χ4v) is 2.36. The van der Waals surface area contributed by atoms with E-state index in [2.05, 4.69) is 4.98 Å². The minimum Gasteiger partial charge on any atom is -0.252 e. The molecule has 0 amide bonds. The van der Waals surface area contributed by atoms with E-state index in [0.717, 1.165) is 0 Å². The maximum Gasteiger partial charge on any atom is 0.150 e. The molecule has 1 heterocycles. The van der Waals surface area contributed by atoms with Gasteiger partial charge in [0.1, 0.15) is 5.69 Å². The van der Waals surface area contributed by atoms with Gasteiger partial charge in [0.25, 0.3) is 0 Å². The van der Waals surface area contributed by atoms with Crippen molar-refractivity contribution in [1.82, 2.24) is 4.98 Å². The SMILES string of the molecule is Fc1cc(I)cnc1-c1ccc(Cl)c(Cl)c1Cl. The van der Waals surface area contributed by atoms with Crippen LogP contribution in [0.15, 0.2) is 24.4 Å². The van der Waals surface area contributed by atoms with Crippen LogP contribution < -0.4 is 0 Å². The molecule has 2 rings (SSSR count). The first-order valence-electron chi connectivity index (χ1n) is 4.45. The van der Waals surface area contributed by atoms with Gasteiger partial charge < -0.3 is 0 Å². The van der Waals surface area contributed by atoms with Gasteiger partial charge in [-0.1, -0.05) is 34.8 Å². The van der Waals surface area contributed by atoms with Crippen LogP contribution in [-0.4, -0.2) is 4.98 Å². The summed E-state index contributed by atoms with van der Waals surface area (Å²) in [6, 6.07) is 4.53. The van der Waals surface area contributed by atoms with Crippen molar-refractivity contribution in [3.8, 4) is 11.3 Å². The number of hydrogen-bond donors (Lipinski definition) is 0. The molecule has 17 heavy (non-hydrogen) atoms. The van der Waals surface area contributed by atoms with E-state index in [1.807, 2.05) is 22.6 Å². The summed E-state index contributed by atoms with van der Waals surface area (Å²) in [4.78, 5) is 4.01. The van der Waals surface area contributed by atoms with E-state index in [0.29, 0.717) is 14.2 Å². The van der Waals surface area contributed by atoms with Crippen molar-refractivity contribution in [2.75, 3.05) is 0 Å². The molecule has 1 aromatic carbocycles. The summed E-state index contributed by atoms with van der Waals surface area (Å²) >= 11 is 19.7. The second-order valence-corrected chi connectivity index (χ2v) is 5.62. The lowest BCUT2D eigenvalue weighted by Gasteiger charge is -2.07. The van der Waals surface area contributed by atoms with Gasteiger partial charge in [0.2, 0.25) is 0 Å². The molecule has 0 fully saturated rings. The normalized spacial score (nSPS) is 10.6. The first kappa shape index (κ1) is 13.3. The minimum absolute atomic E-state index is 0.161. The van der Waals surface area contributed by atoms with E-state index in [9.17, 15) is 4.39 Å². The van der Waals surface area contributed by atoms with Crippen LogP contribution in [0, 0.1) is 9.39 Å². The molecule has 0 aliphatic heterocycles. The van der Waals surface area contributed by atoms with E-state index in [-0.39, 0.29) is 15.7 Å². The molecule has 0 radical (unpaired) electrons. The van der Waals surface area contributed by atoms with Gasteiger partial charge in [-0.2, -0.15) is 0 Å². The third kappa shape index (κ3) is 2.67. The Morgan fingerprint density at radius 1 is 1.12 bits per heavy atom. The Labute approximate surface area is 126 Å². The lowest BCUT2D eigenvalue weighted by molar-refractivity contribution is 0.624. The second kappa shape index (κ2) is 5.26. The highest BCUT2D eigenvalue weighted by Gasteiger charge is 2.15. The number of hydrogen-bond acceptors (Lipinski definition) is 1. The molecule has 1 aromatic heterocycles. The molecular formula is C11H4Cl3FIN. The minimum atomic E-state index is -0.447. The van der Waals surface area contributed by atoms with E-state index in [1.165, 1.54) is 6.07 Å². The molecule has 0 spiro atoms. The fourth-order valence-electron chi connectivity index (χ4n) is 1.32. The van der Waals surface area contributed by atoms with Gasteiger partial charge >= 0.3 is 0 Å². The molecule has 0 atom stereocenters. The molecule has 6 heteroatoms. The van der Waals surface area contributed by atoms with Crippen molar-refractivity contribution in [3.05, 3.63) is 48.9 Å². The zero-order valence-electron chi connectivity index (χ0n) is 8.15. The van der Waals surface area contributed by atoms with E-state index < -0.39 is 5.82 Å². The Kier molecular flexibility index (Phi) is 4.13. The molecular weight excluding hydrogens is 398 g/mol. The quantitative estimate of drug-likeness (QED) is 0.456. The lowest BCUT2D eigenvalue weighted by Crippen LogP contribution is -1.92. The number of rotatable bonds is 1. The van der Waals surface area contributed by atoms with Crippen molar-refractivity contribution in [1.29, 1.82) is 0 Å². The van der Waals surface area contributed by atoms with E-state index >= 15 is 0 Å². The van der Waals surface area contributed by atoms with Crippen LogP contribution in [0.4, 0.5) is 4.39 Å². The Morgan fingerprint density at radius 3 is 2.47 bits per heavy atom. The van der Waals surface area contributed by atoms with Crippen molar-refractivity contribution in [2.24, 2.45) is 0 Å². The average molecular weight is 402 g/mol. The summed E-state index contributed by atoms with van der Waals surface area (Å²) < 4.78 is 14.5. The molecule has 0 N–H and O–H groups in total. The molecule has 0 unspecified atom stereocenters. The molecule has 1 nitrogen and oxygen atoms in total. The monoisotopic (exact) mass is 401 g/mol. The number of nitrogens with zero attached hydrogens (tertiary/aromatic N) is 1. The van der Waals surface area contributed by atoms with Gasteiger partial charge in [0.15, 0.2) is 5.82 Å². The van der Waals surface area contributed by atoms with Crippen molar-refractivity contribution >= 4 is 57.4 Å². The van der Waals surface area contributed by atoms with Gasteiger partial charge in [-0.05, 0) is 40.8 Å². The van der Waals surface area contributed by atoms with Crippen molar-refractivity contribution in [3.63, 3.8) is 0 Å². The highest BCUT2D eigenvalue weighted by atomic mass is 127. The number of aromatic nitrogens is 1. The first-order chi connectivity index (χ1) is 8.00. The van der Waals surface area contributed by atoms with Gasteiger partial charge in [-0.25, -0.2) is 4.39 Å². The van der Waals surface area contributed by atoms with Gasteiger partial charge in [-0.3, -0.25) is 4.98 Å². The number of benzene rings is 1. The highest BCUT2D eigenvalue weighted by molar-refractivity contribution is 14.1. The highest BCUT2D eigenvalue weighted by Crippen LogP contribution is 2.38. The van der Waals surface area contributed by atoms with E-state index in [4.69, 9.17) is 34.8 Å². The predicted octanol–water partition coefficient (Wildman–Crippen LogP) is 5.45. The molecule has 0 aliphatic carbocycles. The summed E-state index contributed by atoms with van der Waals surface area (Å²) in [5.41, 5.74) is 0.587. The Balaban J connectivity index is 2.65. The number of halogens is 5. The average Bonchev–Trinajstić information content (AvgIpc) is 2.28. The lowest BCUT2D eigenvalue weighted by atomic mass is 10.1. The topological polar surface area (TPSA) is 12.9 Å². The third-order valence-electron chi connectivity index (χ3n) is 2.10. The summed E-state index contributed by atoms with van der Waals surface area (Å²) in [5, 5.41) is 0.726. The van der Waals surface area contributed by atoms with Crippen molar-refractivity contribution < 1.29 is 4.39 Å². The molecule has 0 saturated heterocycles. The molecule has 0 bridgehead atoms. The smallest absolute Gasteiger partial charge is 0.150 e. The molecule has 0 saturated carbocycles. The summed E-state index contributed by atoms with van der Waals surface area (Å²) in [7, 11) is 0. The predicted molar refractivity (Wildman–Crippen MR) is 77.4 cm³/mol. The summed E-state index contributed by atoms with van der Waals surface area (Å²) in [5.74, 6) is -0.447. The van der Waals surface area contributed by atoms with Crippen LogP contribution >= 0.6 is 57.4 Å². The summed E-state index contributed by atoms with van der Waals surface area (Å²) in [6.45, 7) is 0. The van der Waals surface area contributed by atoms with Gasteiger partial charge in [0.05, 0.1) is 15.1 Å². The van der Waals surface area contributed by atoms with Gasteiger partial charge in [0, 0.05) is 15.3 Å². The number of pyridine rings is 1. The molecule has 88 valence electrons. The molecule has 0 aliphatic rings. The Hall–Kier alpha value is -0.100. The van der Waals surface area contributed by atoms with Crippen LogP contribution in [0.2, 0.25) is 15.1 Å². The second-order valence-electron chi connectivity index (χ2n) is 3.21. The first-order valence-corrected chi connectivity index (χ1v) is 6.67. The molecule has 2 aromatic rings. The maximum absolute atomic E-state index is 13.7. The Morgan fingerprint density at radius 2 is 1.82 bits per heavy atom. The Bertz CT molecular complexity index is 589. The van der Waals surface area contributed by atoms with E-state index in [1.54, 1.807) is 18.3 Å². The maximum atomic E-state index is 13.7. The zero-order valence-corrected chi connectivity index (χ0v) is 12.6. The van der Waals surface area contributed by atoms with Crippen molar-refractivity contribution in [2.45, 2.75) is 0 Å². The standard InChI is InChI=1S/C11H4Cl3FIN/c12-7-2-1-6(9(13)10(7)14)11-8(15)3-5(16)4-17-11/h1-4H.